The SMILES string of the molecule is CCc1ccccc1NC(=O)CN1CCC[C@@H](C(=O)Nc2cnccn2)C1. The number of nitrogens with one attached hydrogen (secondary N) is 2. The van der Waals surface area contributed by atoms with Gasteiger partial charge in [-0.2, -0.15) is 0 Å². The van der Waals surface area contributed by atoms with Gasteiger partial charge in [0.2, 0.25) is 11.8 Å². The molecule has 2 aromatic rings. The van der Waals surface area contributed by atoms with Gasteiger partial charge in [-0.15, -0.1) is 0 Å². The lowest BCUT2D eigenvalue weighted by molar-refractivity contribution is -0.123. The summed E-state index contributed by atoms with van der Waals surface area (Å²) in [6, 6.07) is 7.83. The monoisotopic (exact) mass is 367 g/mol. The van der Waals surface area contributed by atoms with Gasteiger partial charge in [0, 0.05) is 24.6 Å². The van der Waals surface area contributed by atoms with Crippen LogP contribution in [-0.2, 0) is 16.0 Å². The molecule has 2 amide bonds. The van der Waals surface area contributed by atoms with Gasteiger partial charge < -0.3 is 10.6 Å². The van der Waals surface area contributed by atoms with E-state index in [1.165, 1.54) is 6.20 Å². The number of amides is 2. The summed E-state index contributed by atoms with van der Waals surface area (Å²) in [5.41, 5.74) is 1.98. The Morgan fingerprint density at radius 3 is 2.85 bits per heavy atom. The summed E-state index contributed by atoms with van der Waals surface area (Å²) in [4.78, 5) is 35.0. The molecular weight excluding hydrogens is 342 g/mol. The lowest BCUT2D eigenvalue weighted by Gasteiger charge is -2.31. The van der Waals surface area contributed by atoms with Crippen LogP contribution in [0.5, 0.6) is 0 Å². The van der Waals surface area contributed by atoms with Gasteiger partial charge in [0.15, 0.2) is 5.82 Å². The number of carbonyl (C=O) groups is 2. The zero-order chi connectivity index (χ0) is 19.1. The minimum absolute atomic E-state index is 0.0501. The maximum absolute atomic E-state index is 12.5. The predicted octanol–water partition coefficient (Wildman–Crippen LogP) is 2.33. The van der Waals surface area contributed by atoms with E-state index in [1.807, 2.05) is 29.2 Å². The van der Waals surface area contributed by atoms with Crippen molar-refractivity contribution < 1.29 is 9.59 Å². The molecule has 142 valence electrons. The number of carbonyl (C=O) groups excluding carboxylic acids is 2. The summed E-state index contributed by atoms with van der Waals surface area (Å²) in [6.07, 6.45) is 7.19. The molecule has 2 N–H and O–H groups in total. The lowest BCUT2D eigenvalue weighted by Crippen LogP contribution is -2.44. The summed E-state index contributed by atoms with van der Waals surface area (Å²) >= 11 is 0. The summed E-state index contributed by atoms with van der Waals surface area (Å²) in [6.45, 7) is 3.73. The van der Waals surface area contributed by atoms with E-state index in [2.05, 4.69) is 27.5 Å². The molecule has 2 heterocycles. The Balaban J connectivity index is 1.53. The fourth-order valence-corrected chi connectivity index (χ4v) is 3.35. The smallest absolute Gasteiger partial charge is 0.238 e. The molecule has 7 heteroatoms. The number of likely N-dealkylation sites (tertiary alicyclic amines) is 1. The second-order valence-corrected chi connectivity index (χ2v) is 6.71. The van der Waals surface area contributed by atoms with Gasteiger partial charge in [0.1, 0.15) is 0 Å². The van der Waals surface area contributed by atoms with Crippen molar-refractivity contribution in [3.63, 3.8) is 0 Å². The number of benzene rings is 1. The second-order valence-electron chi connectivity index (χ2n) is 6.71. The van der Waals surface area contributed by atoms with Crippen LogP contribution in [-0.4, -0.2) is 46.3 Å². The summed E-state index contributed by atoms with van der Waals surface area (Å²) in [5.74, 6) is 0.174. The summed E-state index contributed by atoms with van der Waals surface area (Å²) in [7, 11) is 0. The van der Waals surface area contributed by atoms with Gasteiger partial charge in [-0.1, -0.05) is 25.1 Å². The Morgan fingerprint density at radius 1 is 1.22 bits per heavy atom. The van der Waals surface area contributed by atoms with E-state index < -0.39 is 0 Å². The topological polar surface area (TPSA) is 87.2 Å². The molecule has 1 aromatic carbocycles. The normalized spacial score (nSPS) is 17.3. The van der Waals surface area contributed by atoms with E-state index in [9.17, 15) is 9.59 Å². The molecule has 1 atom stereocenters. The molecule has 3 rings (SSSR count). The van der Waals surface area contributed by atoms with Gasteiger partial charge in [-0.3, -0.25) is 19.5 Å². The first-order valence-corrected chi connectivity index (χ1v) is 9.32. The fourth-order valence-electron chi connectivity index (χ4n) is 3.35. The largest absolute Gasteiger partial charge is 0.325 e. The van der Waals surface area contributed by atoms with Crippen LogP contribution in [0.25, 0.3) is 0 Å². The van der Waals surface area contributed by atoms with Crippen LogP contribution in [0.15, 0.2) is 42.9 Å². The fraction of sp³-hybridized carbons (Fsp3) is 0.400. The first kappa shape index (κ1) is 19.0. The van der Waals surface area contributed by atoms with Gasteiger partial charge >= 0.3 is 0 Å². The third-order valence-corrected chi connectivity index (χ3v) is 4.73. The highest BCUT2D eigenvalue weighted by Gasteiger charge is 2.27. The van der Waals surface area contributed by atoms with Crippen LogP contribution in [0.4, 0.5) is 11.5 Å². The molecule has 0 spiro atoms. The highest BCUT2D eigenvalue weighted by atomic mass is 16.2. The molecule has 0 radical (unpaired) electrons. The predicted molar refractivity (Wildman–Crippen MR) is 104 cm³/mol. The number of aryl methyl sites for hydroxylation is 1. The number of aromatic nitrogens is 2. The van der Waals surface area contributed by atoms with Crippen molar-refractivity contribution >= 4 is 23.3 Å². The second kappa shape index (κ2) is 9.23. The molecule has 1 aromatic heterocycles. The van der Waals surface area contributed by atoms with Crippen LogP contribution in [0.2, 0.25) is 0 Å². The van der Waals surface area contributed by atoms with E-state index in [0.29, 0.717) is 12.4 Å². The number of piperidine rings is 1. The Kier molecular flexibility index (Phi) is 6.49. The number of nitrogens with zero attached hydrogens (tertiary/aromatic N) is 3. The van der Waals surface area contributed by atoms with E-state index in [-0.39, 0.29) is 24.3 Å². The lowest BCUT2D eigenvalue weighted by atomic mass is 9.97. The van der Waals surface area contributed by atoms with Crippen LogP contribution in [0.1, 0.15) is 25.3 Å². The van der Waals surface area contributed by atoms with Crippen molar-refractivity contribution in [3.05, 3.63) is 48.4 Å². The Hall–Kier alpha value is -2.80. The van der Waals surface area contributed by atoms with Crippen molar-refractivity contribution in [2.24, 2.45) is 5.92 Å². The van der Waals surface area contributed by atoms with Crippen LogP contribution >= 0.6 is 0 Å². The maximum Gasteiger partial charge on any atom is 0.238 e. The standard InChI is InChI=1S/C20H25N5O2/c1-2-15-6-3-4-8-17(15)23-19(26)14-25-11-5-7-16(13-25)20(27)24-18-12-21-9-10-22-18/h3-4,6,8-10,12,16H,2,5,7,11,13-14H2,1H3,(H,23,26)(H,22,24,27)/t16-/m1/s1. The molecule has 0 bridgehead atoms. The first-order valence-electron chi connectivity index (χ1n) is 9.32. The molecule has 1 aliphatic heterocycles. The van der Waals surface area contributed by atoms with E-state index in [4.69, 9.17) is 0 Å². The minimum atomic E-state index is -0.156. The van der Waals surface area contributed by atoms with Crippen molar-refractivity contribution in [3.8, 4) is 0 Å². The van der Waals surface area contributed by atoms with E-state index >= 15 is 0 Å². The quantitative estimate of drug-likeness (QED) is 0.818. The molecule has 1 saturated heterocycles. The molecule has 7 nitrogen and oxygen atoms in total. The van der Waals surface area contributed by atoms with Crippen LogP contribution in [0, 0.1) is 5.92 Å². The minimum Gasteiger partial charge on any atom is -0.325 e. The Morgan fingerprint density at radius 2 is 2.07 bits per heavy atom. The van der Waals surface area contributed by atoms with Gasteiger partial charge in [0.05, 0.1) is 18.7 Å². The number of hydrogen-bond donors (Lipinski definition) is 2. The first-order chi connectivity index (χ1) is 13.2. The molecule has 27 heavy (non-hydrogen) atoms. The zero-order valence-corrected chi connectivity index (χ0v) is 15.5. The Labute approximate surface area is 159 Å². The van der Waals surface area contributed by atoms with Crippen molar-refractivity contribution in [1.29, 1.82) is 0 Å². The third-order valence-electron chi connectivity index (χ3n) is 4.73. The van der Waals surface area contributed by atoms with E-state index in [1.54, 1.807) is 12.4 Å². The summed E-state index contributed by atoms with van der Waals surface area (Å²) in [5, 5.41) is 5.79. The van der Waals surface area contributed by atoms with Gasteiger partial charge in [0.25, 0.3) is 0 Å². The van der Waals surface area contributed by atoms with Crippen molar-refractivity contribution in [1.82, 2.24) is 14.9 Å². The number of rotatable bonds is 6. The molecule has 1 fully saturated rings. The molecular formula is C20H25N5O2. The molecule has 0 saturated carbocycles. The van der Waals surface area contributed by atoms with Crippen molar-refractivity contribution in [2.75, 3.05) is 30.3 Å². The van der Waals surface area contributed by atoms with Gasteiger partial charge in [-0.25, -0.2) is 4.98 Å². The average molecular weight is 367 g/mol. The van der Waals surface area contributed by atoms with Gasteiger partial charge in [-0.05, 0) is 37.4 Å². The van der Waals surface area contributed by atoms with Crippen LogP contribution in [0.3, 0.4) is 0 Å². The Bertz CT molecular complexity index is 781. The average Bonchev–Trinajstić information content (AvgIpc) is 2.69. The number of hydrogen-bond acceptors (Lipinski definition) is 5. The maximum atomic E-state index is 12.5. The van der Waals surface area contributed by atoms with Crippen LogP contribution < -0.4 is 10.6 Å². The molecule has 0 aliphatic carbocycles. The molecule has 0 unspecified atom stereocenters. The number of para-hydroxylation sites is 1. The van der Waals surface area contributed by atoms with E-state index in [0.717, 1.165) is 37.1 Å². The number of anilines is 2. The molecule has 1 aliphatic rings. The zero-order valence-electron chi connectivity index (χ0n) is 15.5. The summed E-state index contributed by atoms with van der Waals surface area (Å²) < 4.78 is 0. The van der Waals surface area contributed by atoms with Crippen molar-refractivity contribution in [2.45, 2.75) is 26.2 Å². The highest BCUT2D eigenvalue weighted by Crippen LogP contribution is 2.19. The highest BCUT2D eigenvalue weighted by molar-refractivity contribution is 5.93. The third kappa shape index (κ3) is 5.34.